The molecule has 0 radical (unpaired) electrons. The number of Topliss-reactive ketones (excluding diaryl/α,β-unsaturated/α-hetero) is 1. The van der Waals surface area contributed by atoms with Gasteiger partial charge in [0.25, 0.3) is 0 Å². The molecular formula is C11H20O. The molecule has 0 unspecified atom stereocenters. The van der Waals surface area contributed by atoms with E-state index in [-0.39, 0.29) is 0 Å². The third-order valence-electron chi connectivity index (χ3n) is 2.89. The van der Waals surface area contributed by atoms with Gasteiger partial charge < -0.3 is 0 Å². The SMILES string of the molecule is CCC[C@]1(C)CC(=O)C[C@@H](C)C1. The Morgan fingerprint density at radius 1 is 1.58 bits per heavy atom. The van der Waals surface area contributed by atoms with E-state index in [0.717, 1.165) is 12.8 Å². The van der Waals surface area contributed by atoms with E-state index in [1.807, 2.05) is 0 Å². The minimum absolute atomic E-state index is 0.323. The van der Waals surface area contributed by atoms with Gasteiger partial charge in [-0.2, -0.15) is 0 Å². The van der Waals surface area contributed by atoms with Crippen molar-refractivity contribution in [2.45, 2.75) is 52.9 Å². The molecule has 0 saturated heterocycles. The van der Waals surface area contributed by atoms with Crippen LogP contribution in [-0.2, 0) is 4.79 Å². The Kier molecular flexibility index (Phi) is 2.92. The standard InChI is InChI=1S/C11H20O/c1-4-5-11(3)7-9(2)6-10(12)8-11/h9H,4-8H2,1-3H3/t9-,11+/m1/s1. The fraction of sp³-hybridized carbons (Fsp3) is 0.909. The van der Waals surface area contributed by atoms with E-state index >= 15 is 0 Å². The number of ketones is 1. The van der Waals surface area contributed by atoms with E-state index in [1.165, 1.54) is 19.3 Å². The van der Waals surface area contributed by atoms with Crippen molar-refractivity contribution >= 4 is 5.78 Å². The summed E-state index contributed by atoms with van der Waals surface area (Å²) < 4.78 is 0. The van der Waals surface area contributed by atoms with Crippen molar-refractivity contribution in [3.63, 3.8) is 0 Å². The number of hydrogen-bond donors (Lipinski definition) is 0. The Morgan fingerprint density at radius 2 is 2.25 bits per heavy atom. The zero-order valence-corrected chi connectivity index (χ0v) is 8.52. The molecule has 0 N–H and O–H groups in total. The van der Waals surface area contributed by atoms with E-state index in [1.54, 1.807) is 0 Å². The van der Waals surface area contributed by atoms with Gasteiger partial charge in [-0.25, -0.2) is 0 Å². The largest absolute Gasteiger partial charge is 0.300 e. The van der Waals surface area contributed by atoms with Crippen LogP contribution in [0.15, 0.2) is 0 Å². The first-order valence-electron chi connectivity index (χ1n) is 5.07. The molecule has 1 aliphatic rings. The van der Waals surface area contributed by atoms with Crippen LogP contribution in [0.25, 0.3) is 0 Å². The van der Waals surface area contributed by atoms with Crippen LogP contribution < -0.4 is 0 Å². The molecular weight excluding hydrogens is 148 g/mol. The van der Waals surface area contributed by atoms with Crippen LogP contribution in [0.5, 0.6) is 0 Å². The van der Waals surface area contributed by atoms with Gasteiger partial charge in [0.2, 0.25) is 0 Å². The summed E-state index contributed by atoms with van der Waals surface area (Å²) in [4.78, 5) is 11.4. The molecule has 70 valence electrons. The van der Waals surface area contributed by atoms with Crippen molar-refractivity contribution in [1.82, 2.24) is 0 Å². The molecule has 0 aromatic carbocycles. The number of carbonyl (C=O) groups excluding carboxylic acids is 1. The van der Waals surface area contributed by atoms with Crippen molar-refractivity contribution in [1.29, 1.82) is 0 Å². The Hall–Kier alpha value is -0.330. The van der Waals surface area contributed by atoms with Crippen LogP contribution in [-0.4, -0.2) is 5.78 Å². The molecule has 1 saturated carbocycles. The van der Waals surface area contributed by atoms with E-state index in [2.05, 4.69) is 20.8 Å². The first-order chi connectivity index (χ1) is 5.56. The Balaban J connectivity index is 2.58. The lowest BCUT2D eigenvalue weighted by molar-refractivity contribution is -0.125. The molecule has 1 aliphatic carbocycles. The first kappa shape index (κ1) is 9.76. The van der Waals surface area contributed by atoms with Crippen molar-refractivity contribution < 1.29 is 4.79 Å². The quantitative estimate of drug-likeness (QED) is 0.619. The predicted molar refractivity (Wildman–Crippen MR) is 51.0 cm³/mol. The van der Waals surface area contributed by atoms with Crippen LogP contribution in [0.2, 0.25) is 0 Å². The summed E-state index contributed by atoms with van der Waals surface area (Å²) in [5.41, 5.74) is 0.323. The summed E-state index contributed by atoms with van der Waals surface area (Å²) >= 11 is 0. The lowest BCUT2D eigenvalue weighted by Gasteiger charge is -2.35. The minimum Gasteiger partial charge on any atom is -0.300 e. The molecule has 0 aromatic rings. The number of hydrogen-bond acceptors (Lipinski definition) is 1. The van der Waals surface area contributed by atoms with Crippen LogP contribution in [0.4, 0.5) is 0 Å². The highest BCUT2D eigenvalue weighted by Gasteiger charge is 2.33. The molecule has 1 nitrogen and oxygen atoms in total. The van der Waals surface area contributed by atoms with Crippen LogP contribution in [0.1, 0.15) is 52.9 Å². The van der Waals surface area contributed by atoms with Crippen LogP contribution in [0, 0.1) is 11.3 Å². The third-order valence-corrected chi connectivity index (χ3v) is 2.89. The smallest absolute Gasteiger partial charge is 0.133 e. The second-order valence-electron chi connectivity index (χ2n) is 4.79. The van der Waals surface area contributed by atoms with Crippen molar-refractivity contribution in [3.8, 4) is 0 Å². The topological polar surface area (TPSA) is 17.1 Å². The summed E-state index contributed by atoms with van der Waals surface area (Å²) in [6, 6.07) is 0. The maximum Gasteiger partial charge on any atom is 0.133 e. The van der Waals surface area contributed by atoms with E-state index < -0.39 is 0 Å². The average molecular weight is 168 g/mol. The second-order valence-corrected chi connectivity index (χ2v) is 4.79. The van der Waals surface area contributed by atoms with Gasteiger partial charge in [-0.15, -0.1) is 0 Å². The normalized spacial score (nSPS) is 36.9. The van der Waals surface area contributed by atoms with Gasteiger partial charge in [0.1, 0.15) is 5.78 Å². The molecule has 0 spiro atoms. The highest BCUT2D eigenvalue weighted by molar-refractivity contribution is 5.80. The maximum atomic E-state index is 11.4. The molecule has 1 heteroatoms. The summed E-state index contributed by atoms with van der Waals surface area (Å²) in [6.45, 7) is 6.67. The average Bonchev–Trinajstić information content (AvgIpc) is 1.82. The third kappa shape index (κ3) is 2.33. The zero-order chi connectivity index (χ0) is 9.19. The predicted octanol–water partition coefficient (Wildman–Crippen LogP) is 3.18. The zero-order valence-electron chi connectivity index (χ0n) is 8.52. The maximum absolute atomic E-state index is 11.4. The second kappa shape index (κ2) is 3.59. The lowest BCUT2D eigenvalue weighted by Crippen LogP contribution is -2.30. The first-order valence-corrected chi connectivity index (χ1v) is 5.07. The Bertz CT molecular complexity index is 174. The Morgan fingerprint density at radius 3 is 2.75 bits per heavy atom. The van der Waals surface area contributed by atoms with Gasteiger partial charge in [0.15, 0.2) is 0 Å². The summed E-state index contributed by atoms with van der Waals surface area (Å²) in [5.74, 6) is 1.09. The monoisotopic (exact) mass is 168 g/mol. The highest BCUT2D eigenvalue weighted by atomic mass is 16.1. The molecule has 1 fully saturated rings. The summed E-state index contributed by atoms with van der Waals surface area (Å²) in [7, 11) is 0. The molecule has 2 atom stereocenters. The van der Waals surface area contributed by atoms with Gasteiger partial charge in [-0.3, -0.25) is 4.79 Å². The Labute approximate surface area is 75.5 Å². The van der Waals surface area contributed by atoms with Crippen molar-refractivity contribution in [2.24, 2.45) is 11.3 Å². The molecule has 0 aliphatic heterocycles. The summed E-state index contributed by atoms with van der Waals surface area (Å²) in [5, 5.41) is 0. The molecule has 0 amide bonds. The van der Waals surface area contributed by atoms with Gasteiger partial charge in [-0.05, 0) is 24.2 Å². The van der Waals surface area contributed by atoms with Crippen LogP contribution in [0.3, 0.4) is 0 Å². The fourth-order valence-corrected chi connectivity index (χ4v) is 2.72. The molecule has 1 rings (SSSR count). The van der Waals surface area contributed by atoms with Crippen molar-refractivity contribution in [2.75, 3.05) is 0 Å². The molecule has 0 aromatic heterocycles. The van der Waals surface area contributed by atoms with Gasteiger partial charge in [0.05, 0.1) is 0 Å². The van der Waals surface area contributed by atoms with Crippen LogP contribution >= 0.6 is 0 Å². The van der Waals surface area contributed by atoms with E-state index in [0.29, 0.717) is 17.1 Å². The minimum atomic E-state index is 0.323. The van der Waals surface area contributed by atoms with Crippen molar-refractivity contribution in [3.05, 3.63) is 0 Å². The highest BCUT2D eigenvalue weighted by Crippen LogP contribution is 2.40. The van der Waals surface area contributed by atoms with Gasteiger partial charge in [-0.1, -0.05) is 27.2 Å². The fourth-order valence-electron chi connectivity index (χ4n) is 2.72. The lowest BCUT2D eigenvalue weighted by atomic mass is 9.69. The van der Waals surface area contributed by atoms with Gasteiger partial charge in [0, 0.05) is 12.8 Å². The van der Waals surface area contributed by atoms with E-state index in [4.69, 9.17) is 0 Å². The number of carbonyl (C=O) groups is 1. The summed E-state index contributed by atoms with van der Waals surface area (Å²) in [6.07, 6.45) is 5.30. The van der Waals surface area contributed by atoms with E-state index in [9.17, 15) is 4.79 Å². The number of rotatable bonds is 2. The van der Waals surface area contributed by atoms with Gasteiger partial charge >= 0.3 is 0 Å². The molecule has 12 heavy (non-hydrogen) atoms. The molecule has 0 bridgehead atoms. The molecule has 0 heterocycles.